The molecule has 4 nitrogen and oxygen atoms in total. The fourth-order valence-electron chi connectivity index (χ4n) is 1.54. The summed E-state index contributed by atoms with van der Waals surface area (Å²) in [6.07, 6.45) is 0. The molecule has 2 rings (SSSR count). The highest BCUT2D eigenvalue weighted by atomic mass is 35.5. The highest BCUT2D eigenvalue weighted by molar-refractivity contribution is 6.35. The second-order valence-corrected chi connectivity index (χ2v) is 3.92. The van der Waals surface area contributed by atoms with Gasteiger partial charge in [-0.3, -0.25) is 0 Å². The van der Waals surface area contributed by atoms with E-state index in [-0.39, 0.29) is 6.61 Å². The van der Waals surface area contributed by atoms with Crippen molar-refractivity contribution in [3.8, 4) is 0 Å². The second kappa shape index (κ2) is 3.81. The zero-order valence-corrected chi connectivity index (χ0v) is 9.04. The van der Waals surface area contributed by atoms with Crippen molar-refractivity contribution < 1.29 is 5.11 Å². The van der Waals surface area contributed by atoms with Crippen molar-refractivity contribution in [3.05, 3.63) is 28.5 Å². The molecule has 0 fully saturated rings. The van der Waals surface area contributed by atoms with Gasteiger partial charge in [0.2, 0.25) is 0 Å². The molecule has 0 bridgehead atoms. The average Bonchev–Trinajstić information content (AvgIpc) is 2.58. The van der Waals surface area contributed by atoms with Crippen LogP contribution in [-0.2, 0) is 0 Å². The summed E-state index contributed by atoms with van der Waals surface area (Å²) in [4.78, 5) is 7.33. The minimum atomic E-state index is -0.407. The van der Waals surface area contributed by atoms with Crippen LogP contribution in [0.25, 0.3) is 11.0 Å². The van der Waals surface area contributed by atoms with E-state index < -0.39 is 6.04 Å². The standard InChI is InChI=1S/C10H12ClN3O/c1-5-13-9-3-6(8(12)4-15)2-7(11)10(9)14-5/h2-3,8,15H,4,12H2,1H3,(H,13,14). The Balaban J connectivity index is 2.61. The monoisotopic (exact) mass is 225 g/mol. The summed E-state index contributed by atoms with van der Waals surface area (Å²) in [7, 11) is 0. The van der Waals surface area contributed by atoms with Crippen LogP contribution < -0.4 is 5.73 Å². The number of fused-ring (bicyclic) bond motifs is 1. The Bertz CT molecular complexity index is 495. The Morgan fingerprint density at radius 1 is 1.60 bits per heavy atom. The lowest BCUT2D eigenvalue weighted by atomic mass is 10.1. The van der Waals surface area contributed by atoms with Crippen LogP contribution in [0, 0.1) is 6.92 Å². The van der Waals surface area contributed by atoms with Crippen LogP contribution in [0.15, 0.2) is 12.1 Å². The number of aliphatic hydroxyl groups excluding tert-OH is 1. The van der Waals surface area contributed by atoms with E-state index in [1.807, 2.05) is 13.0 Å². The average molecular weight is 226 g/mol. The number of halogens is 1. The fraction of sp³-hybridized carbons (Fsp3) is 0.300. The van der Waals surface area contributed by atoms with E-state index in [2.05, 4.69) is 9.97 Å². The molecule has 0 aliphatic heterocycles. The van der Waals surface area contributed by atoms with E-state index >= 15 is 0 Å². The molecule has 15 heavy (non-hydrogen) atoms. The van der Waals surface area contributed by atoms with E-state index in [1.165, 1.54) is 0 Å². The third kappa shape index (κ3) is 1.84. The third-order valence-corrected chi connectivity index (χ3v) is 2.59. The second-order valence-electron chi connectivity index (χ2n) is 3.51. The normalized spacial score (nSPS) is 13.3. The largest absolute Gasteiger partial charge is 0.394 e. The maximum Gasteiger partial charge on any atom is 0.107 e. The lowest BCUT2D eigenvalue weighted by Gasteiger charge is -2.08. The van der Waals surface area contributed by atoms with E-state index in [1.54, 1.807) is 6.07 Å². The van der Waals surface area contributed by atoms with Crippen LogP contribution in [0.5, 0.6) is 0 Å². The van der Waals surface area contributed by atoms with E-state index in [9.17, 15) is 0 Å². The summed E-state index contributed by atoms with van der Waals surface area (Å²) in [6.45, 7) is 1.76. The highest BCUT2D eigenvalue weighted by Gasteiger charge is 2.10. The lowest BCUT2D eigenvalue weighted by Crippen LogP contribution is -2.14. The quantitative estimate of drug-likeness (QED) is 0.726. The van der Waals surface area contributed by atoms with Crippen LogP contribution in [0.1, 0.15) is 17.4 Å². The number of nitrogens with zero attached hydrogens (tertiary/aromatic N) is 1. The summed E-state index contributed by atoms with van der Waals surface area (Å²) < 4.78 is 0. The number of rotatable bonds is 2. The Hall–Kier alpha value is -1.10. The molecule has 1 aromatic carbocycles. The van der Waals surface area contributed by atoms with Crippen molar-refractivity contribution in [1.29, 1.82) is 0 Å². The highest BCUT2D eigenvalue weighted by Crippen LogP contribution is 2.25. The molecular weight excluding hydrogens is 214 g/mol. The molecule has 1 atom stereocenters. The van der Waals surface area contributed by atoms with Gasteiger partial charge >= 0.3 is 0 Å². The van der Waals surface area contributed by atoms with E-state index in [0.29, 0.717) is 5.02 Å². The van der Waals surface area contributed by atoms with Gasteiger partial charge in [0.25, 0.3) is 0 Å². The molecular formula is C10H12ClN3O. The van der Waals surface area contributed by atoms with Gasteiger partial charge in [-0.2, -0.15) is 0 Å². The smallest absolute Gasteiger partial charge is 0.107 e. The van der Waals surface area contributed by atoms with Crippen LogP contribution in [0.2, 0.25) is 5.02 Å². The number of aromatic amines is 1. The number of benzene rings is 1. The van der Waals surface area contributed by atoms with Gasteiger partial charge in [0.05, 0.1) is 23.2 Å². The molecule has 2 aromatic rings. The molecule has 1 unspecified atom stereocenters. The van der Waals surface area contributed by atoms with Gasteiger partial charge in [0, 0.05) is 0 Å². The van der Waals surface area contributed by atoms with Crippen LogP contribution in [0.3, 0.4) is 0 Å². The molecule has 0 aliphatic rings. The number of nitrogens with one attached hydrogen (secondary N) is 1. The van der Waals surface area contributed by atoms with Crippen LogP contribution in [-0.4, -0.2) is 21.7 Å². The Labute approximate surface area is 92.1 Å². The summed E-state index contributed by atoms with van der Waals surface area (Å²) in [5.41, 5.74) is 8.11. The molecule has 0 spiro atoms. The molecule has 0 saturated carbocycles. The summed E-state index contributed by atoms with van der Waals surface area (Å²) >= 11 is 6.06. The van der Waals surface area contributed by atoms with Gasteiger partial charge in [-0.25, -0.2) is 4.98 Å². The zero-order chi connectivity index (χ0) is 11.0. The number of H-pyrrole nitrogens is 1. The molecule has 80 valence electrons. The number of aliphatic hydroxyl groups is 1. The van der Waals surface area contributed by atoms with Crippen molar-refractivity contribution in [2.75, 3.05) is 6.61 Å². The Morgan fingerprint density at radius 3 is 3.00 bits per heavy atom. The molecule has 5 heteroatoms. The first-order chi connectivity index (χ1) is 7.11. The number of hydrogen-bond acceptors (Lipinski definition) is 3. The van der Waals surface area contributed by atoms with Crippen molar-refractivity contribution in [2.45, 2.75) is 13.0 Å². The van der Waals surface area contributed by atoms with Gasteiger partial charge in [-0.05, 0) is 24.6 Å². The number of aryl methyl sites for hydroxylation is 1. The molecule has 4 N–H and O–H groups in total. The first-order valence-electron chi connectivity index (χ1n) is 4.64. The Morgan fingerprint density at radius 2 is 2.33 bits per heavy atom. The van der Waals surface area contributed by atoms with Gasteiger partial charge in [0.1, 0.15) is 11.3 Å². The molecule has 0 saturated heterocycles. The van der Waals surface area contributed by atoms with Crippen molar-refractivity contribution in [3.63, 3.8) is 0 Å². The molecule has 0 amide bonds. The predicted molar refractivity (Wildman–Crippen MR) is 59.9 cm³/mol. The fourth-order valence-corrected chi connectivity index (χ4v) is 1.81. The predicted octanol–water partition coefficient (Wildman–Crippen LogP) is 1.52. The zero-order valence-electron chi connectivity index (χ0n) is 8.29. The van der Waals surface area contributed by atoms with Crippen molar-refractivity contribution in [2.24, 2.45) is 5.73 Å². The number of imidazole rings is 1. The first kappa shape index (κ1) is 10.4. The molecule has 1 heterocycles. The number of hydrogen-bond donors (Lipinski definition) is 3. The van der Waals surface area contributed by atoms with Gasteiger partial charge in [-0.1, -0.05) is 11.6 Å². The van der Waals surface area contributed by atoms with Gasteiger partial charge in [0.15, 0.2) is 0 Å². The Kier molecular flexibility index (Phi) is 2.65. The topological polar surface area (TPSA) is 74.9 Å². The first-order valence-corrected chi connectivity index (χ1v) is 5.02. The summed E-state index contributed by atoms with van der Waals surface area (Å²) in [6, 6.07) is 3.20. The maximum atomic E-state index is 8.96. The summed E-state index contributed by atoms with van der Waals surface area (Å²) in [5, 5.41) is 9.51. The summed E-state index contributed by atoms with van der Waals surface area (Å²) in [5.74, 6) is 0.807. The minimum absolute atomic E-state index is 0.102. The van der Waals surface area contributed by atoms with Crippen molar-refractivity contribution >= 4 is 22.6 Å². The lowest BCUT2D eigenvalue weighted by molar-refractivity contribution is 0.268. The SMILES string of the molecule is Cc1nc2c(Cl)cc(C(N)CO)cc2[nH]1. The maximum absolute atomic E-state index is 8.96. The molecule has 0 aliphatic carbocycles. The number of aromatic nitrogens is 2. The van der Waals surface area contributed by atoms with Gasteiger partial charge < -0.3 is 15.8 Å². The molecule has 1 aromatic heterocycles. The van der Waals surface area contributed by atoms with Crippen molar-refractivity contribution in [1.82, 2.24) is 9.97 Å². The molecule has 0 radical (unpaired) electrons. The van der Waals surface area contributed by atoms with Gasteiger partial charge in [-0.15, -0.1) is 0 Å². The van der Waals surface area contributed by atoms with Crippen LogP contribution in [0.4, 0.5) is 0 Å². The number of nitrogens with two attached hydrogens (primary N) is 1. The van der Waals surface area contributed by atoms with E-state index in [4.69, 9.17) is 22.4 Å². The minimum Gasteiger partial charge on any atom is -0.394 e. The third-order valence-electron chi connectivity index (χ3n) is 2.31. The van der Waals surface area contributed by atoms with E-state index in [0.717, 1.165) is 22.4 Å². The van der Waals surface area contributed by atoms with Crippen LogP contribution >= 0.6 is 11.6 Å².